The van der Waals surface area contributed by atoms with Gasteiger partial charge in [-0.2, -0.15) is 0 Å². The van der Waals surface area contributed by atoms with Gasteiger partial charge in [-0.15, -0.1) is 0 Å². The van der Waals surface area contributed by atoms with Crippen LogP contribution in [-0.4, -0.2) is 59.0 Å². The van der Waals surface area contributed by atoms with E-state index in [0.29, 0.717) is 25.1 Å². The molecule has 1 unspecified atom stereocenters. The van der Waals surface area contributed by atoms with Crippen molar-refractivity contribution in [3.8, 4) is 11.5 Å². The summed E-state index contributed by atoms with van der Waals surface area (Å²) in [5.74, 6) is 0.698. The van der Waals surface area contributed by atoms with Crippen LogP contribution in [0.5, 0.6) is 11.5 Å². The third kappa shape index (κ3) is 3.75. The van der Waals surface area contributed by atoms with Crippen LogP contribution >= 0.6 is 0 Å². The third-order valence-corrected chi connectivity index (χ3v) is 5.86. The molecule has 0 saturated carbocycles. The number of piperidine rings is 1. The van der Waals surface area contributed by atoms with E-state index in [9.17, 15) is 14.7 Å². The van der Waals surface area contributed by atoms with Gasteiger partial charge in [0.05, 0.1) is 7.11 Å². The van der Waals surface area contributed by atoms with E-state index in [1.165, 1.54) is 7.11 Å². The molecule has 1 atom stereocenters. The molecule has 3 rings (SSSR count). The number of phenolic OH excluding ortho intramolecular Hbond substituents is 1. The molecule has 2 fully saturated rings. The number of phenols is 1. The lowest BCUT2D eigenvalue weighted by Crippen LogP contribution is -2.61. The second-order valence-electron chi connectivity index (χ2n) is 7.58. The summed E-state index contributed by atoms with van der Waals surface area (Å²) >= 11 is 0. The molecule has 2 amide bonds. The van der Waals surface area contributed by atoms with E-state index in [1.54, 1.807) is 18.2 Å². The number of amides is 2. The van der Waals surface area contributed by atoms with E-state index < -0.39 is 5.54 Å². The zero-order valence-corrected chi connectivity index (χ0v) is 16.4. The number of carbonyl (C=O) groups excluding carboxylic acids is 2. The maximum Gasteiger partial charge on any atom is 0.248 e. The van der Waals surface area contributed by atoms with Crippen molar-refractivity contribution in [3.63, 3.8) is 0 Å². The number of carbonyl (C=O) groups is 2. The number of aryl methyl sites for hydroxylation is 1. The molecular formula is C21H30N2O4. The molecule has 6 nitrogen and oxygen atoms in total. The van der Waals surface area contributed by atoms with Crippen LogP contribution in [-0.2, 0) is 16.0 Å². The topological polar surface area (TPSA) is 70.1 Å². The molecule has 0 aromatic heterocycles. The Morgan fingerprint density at radius 1 is 1.26 bits per heavy atom. The Bertz CT molecular complexity index is 703. The highest BCUT2D eigenvalue weighted by molar-refractivity contribution is 5.92. The van der Waals surface area contributed by atoms with Gasteiger partial charge in [0.15, 0.2) is 11.5 Å². The van der Waals surface area contributed by atoms with Crippen LogP contribution in [0.2, 0.25) is 0 Å². The van der Waals surface area contributed by atoms with E-state index in [4.69, 9.17) is 4.74 Å². The van der Waals surface area contributed by atoms with E-state index >= 15 is 0 Å². The van der Waals surface area contributed by atoms with Gasteiger partial charge in [-0.1, -0.05) is 13.0 Å². The monoisotopic (exact) mass is 374 g/mol. The zero-order chi connectivity index (χ0) is 19.4. The van der Waals surface area contributed by atoms with Crippen LogP contribution in [0, 0.1) is 0 Å². The van der Waals surface area contributed by atoms with Gasteiger partial charge in [0.25, 0.3) is 0 Å². The summed E-state index contributed by atoms with van der Waals surface area (Å²) in [6, 6.07) is 5.15. The Balaban J connectivity index is 1.69. The lowest BCUT2D eigenvalue weighted by molar-refractivity contribution is -0.155. The fourth-order valence-corrected chi connectivity index (χ4v) is 4.54. The van der Waals surface area contributed by atoms with Crippen molar-refractivity contribution in [3.05, 3.63) is 23.8 Å². The van der Waals surface area contributed by atoms with Gasteiger partial charge in [-0.3, -0.25) is 9.59 Å². The number of hydrogen-bond acceptors (Lipinski definition) is 4. The van der Waals surface area contributed by atoms with Crippen LogP contribution in [0.4, 0.5) is 0 Å². The summed E-state index contributed by atoms with van der Waals surface area (Å²) in [6.07, 6.45) is 5.29. The van der Waals surface area contributed by atoms with Crippen molar-refractivity contribution >= 4 is 11.8 Å². The van der Waals surface area contributed by atoms with Crippen molar-refractivity contribution in [2.24, 2.45) is 0 Å². The largest absolute Gasteiger partial charge is 0.504 e. The fourth-order valence-electron chi connectivity index (χ4n) is 4.54. The minimum Gasteiger partial charge on any atom is -0.504 e. The fraction of sp³-hybridized carbons (Fsp3) is 0.619. The minimum absolute atomic E-state index is 0.0474. The highest BCUT2D eigenvalue weighted by Crippen LogP contribution is 2.39. The SMILES string of the molecule is CCCN1CCCC2(CCCN2C(=O)CCc2ccc(O)c(OC)c2)C1=O. The number of methoxy groups -OCH3 is 1. The van der Waals surface area contributed by atoms with Crippen LogP contribution in [0.25, 0.3) is 0 Å². The smallest absolute Gasteiger partial charge is 0.248 e. The molecular weight excluding hydrogens is 344 g/mol. The van der Waals surface area contributed by atoms with E-state index in [0.717, 1.165) is 50.8 Å². The molecule has 6 heteroatoms. The van der Waals surface area contributed by atoms with Gasteiger partial charge in [-0.05, 0) is 56.2 Å². The average Bonchev–Trinajstić information content (AvgIpc) is 3.09. The maximum absolute atomic E-state index is 13.1. The first kappa shape index (κ1) is 19.5. The number of hydrogen-bond donors (Lipinski definition) is 1. The first-order valence-electron chi connectivity index (χ1n) is 9.97. The van der Waals surface area contributed by atoms with Crippen LogP contribution in [0.3, 0.4) is 0 Å². The van der Waals surface area contributed by atoms with Gasteiger partial charge in [0.1, 0.15) is 5.54 Å². The molecule has 0 bridgehead atoms. The molecule has 2 aliphatic heterocycles. The molecule has 0 radical (unpaired) electrons. The molecule has 1 aromatic carbocycles. The molecule has 27 heavy (non-hydrogen) atoms. The Labute approximate surface area is 161 Å². The normalized spacial score (nSPS) is 22.5. The standard InChI is InChI=1S/C21H30N2O4/c1-3-12-22-13-4-10-21(20(22)26)11-5-14-23(21)19(25)9-7-16-6-8-17(24)18(15-16)27-2/h6,8,15,24H,3-5,7,9-14H2,1-2H3. The quantitative estimate of drug-likeness (QED) is 0.831. The van der Waals surface area contributed by atoms with E-state index in [2.05, 4.69) is 6.92 Å². The number of aromatic hydroxyl groups is 1. The van der Waals surface area contributed by atoms with Gasteiger partial charge in [0, 0.05) is 26.1 Å². The summed E-state index contributed by atoms with van der Waals surface area (Å²) in [7, 11) is 1.51. The van der Waals surface area contributed by atoms with Gasteiger partial charge < -0.3 is 19.6 Å². The Morgan fingerprint density at radius 2 is 2.00 bits per heavy atom. The minimum atomic E-state index is -0.614. The second-order valence-corrected chi connectivity index (χ2v) is 7.58. The molecule has 1 spiro atoms. The first-order chi connectivity index (χ1) is 13.0. The maximum atomic E-state index is 13.1. The van der Waals surface area contributed by atoms with Crippen molar-refractivity contribution in [2.45, 2.75) is 57.4 Å². The predicted octanol–water partition coefficient (Wildman–Crippen LogP) is 2.73. The Morgan fingerprint density at radius 3 is 2.70 bits per heavy atom. The second kappa shape index (κ2) is 8.19. The van der Waals surface area contributed by atoms with E-state index in [-0.39, 0.29) is 17.6 Å². The number of ether oxygens (including phenoxy) is 1. The summed E-state index contributed by atoms with van der Waals surface area (Å²) in [5, 5.41) is 9.71. The van der Waals surface area contributed by atoms with Gasteiger partial charge in [-0.25, -0.2) is 0 Å². The lowest BCUT2D eigenvalue weighted by Gasteiger charge is -2.44. The van der Waals surface area contributed by atoms with Crippen molar-refractivity contribution in [1.82, 2.24) is 9.80 Å². The van der Waals surface area contributed by atoms with Gasteiger partial charge in [0.2, 0.25) is 11.8 Å². The first-order valence-corrected chi connectivity index (χ1v) is 9.97. The van der Waals surface area contributed by atoms with Crippen molar-refractivity contribution < 1.29 is 19.4 Å². The molecule has 148 valence electrons. The molecule has 2 aliphatic rings. The highest BCUT2D eigenvalue weighted by atomic mass is 16.5. The average molecular weight is 374 g/mol. The van der Waals surface area contributed by atoms with Gasteiger partial charge >= 0.3 is 0 Å². The summed E-state index contributed by atoms with van der Waals surface area (Å²) in [6.45, 7) is 4.33. The Hall–Kier alpha value is -2.24. The molecule has 2 saturated heterocycles. The molecule has 2 heterocycles. The Kier molecular flexibility index (Phi) is 5.92. The molecule has 1 N–H and O–H groups in total. The van der Waals surface area contributed by atoms with E-state index in [1.807, 2.05) is 9.80 Å². The number of benzene rings is 1. The zero-order valence-electron chi connectivity index (χ0n) is 16.4. The molecule has 1 aromatic rings. The highest BCUT2D eigenvalue weighted by Gasteiger charge is 2.52. The van der Waals surface area contributed by atoms with Crippen LogP contribution in [0.15, 0.2) is 18.2 Å². The predicted molar refractivity (Wildman–Crippen MR) is 103 cm³/mol. The summed E-state index contributed by atoms with van der Waals surface area (Å²) in [5.41, 5.74) is 0.325. The molecule has 0 aliphatic carbocycles. The lowest BCUT2D eigenvalue weighted by atomic mass is 9.85. The number of nitrogens with zero attached hydrogens (tertiary/aromatic N) is 2. The summed E-state index contributed by atoms with van der Waals surface area (Å²) in [4.78, 5) is 29.9. The van der Waals surface area contributed by atoms with Crippen LogP contribution < -0.4 is 4.74 Å². The number of likely N-dealkylation sites (tertiary alicyclic amines) is 2. The van der Waals surface area contributed by atoms with Crippen molar-refractivity contribution in [1.29, 1.82) is 0 Å². The third-order valence-electron chi connectivity index (χ3n) is 5.86. The summed E-state index contributed by atoms with van der Waals surface area (Å²) < 4.78 is 5.14. The van der Waals surface area contributed by atoms with Crippen LogP contribution in [0.1, 0.15) is 51.0 Å². The van der Waals surface area contributed by atoms with Crippen molar-refractivity contribution in [2.75, 3.05) is 26.7 Å². The number of rotatable bonds is 6.